The van der Waals surface area contributed by atoms with Gasteiger partial charge < -0.3 is 5.32 Å². The molecule has 0 saturated carbocycles. The first-order valence-electron chi connectivity index (χ1n) is 7.69. The van der Waals surface area contributed by atoms with Crippen LogP contribution in [0, 0.1) is 0 Å². The van der Waals surface area contributed by atoms with Gasteiger partial charge >= 0.3 is 0 Å². The molecule has 0 unspecified atom stereocenters. The summed E-state index contributed by atoms with van der Waals surface area (Å²) in [4.78, 5) is 16.7. The Morgan fingerprint density at radius 3 is 2.71 bits per heavy atom. The molecule has 0 aliphatic carbocycles. The molecule has 0 atom stereocenters. The summed E-state index contributed by atoms with van der Waals surface area (Å²) in [6.45, 7) is 5.91. The van der Waals surface area contributed by atoms with E-state index in [1.54, 1.807) is 6.20 Å². The Kier molecular flexibility index (Phi) is 4.32. The monoisotopic (exact) mass is 340 g/mol. The molecule has 1 aromatic carbocycles. The van der Waals surface area contributed by atoms with Crippen LogP contribution in [0.25, 0.3) is 16.8 Å². The number of benzene rings is 1. The number of carbonyl (C=O) groups excluding carboxylic acids is 1. The number of nitrogens with zero attached hydrogens (tertiary/aromatic N) is 3. The fourth-order valence-corrected chi connectivity index (χ4v) is 2.75. The molecule has 0 saturated heterocycles. The largest absolute Gasteiger partial charge is 0.347 e. The normalized spacial score (nSPS) is 11.7. The average Bonchev–Trinajstić information content (AvgIpc) is 2.96. The molecule has 3 rings (SSSR count). The summed E-state index contributed by atoms with van der Waals surface area (Å²) in [5, 5.41) is 8.23. The SMILES string of the molecule is CSc1ncc2ccc(-c3cccc(C(=O)NC(C)(C)C)c3)n2n1. The van der Waals surface area contributed by atoms with Crippen molar-refractivity contribution in [3.63, 3.8) is 0 Å². The second-order valence-electron chi connectivity index (χ2n) is 6.59. The Labute approximate surface area is 145 Å². The maximum absolute atomic E-state index is 12.4. The minimum absolute atomic E-state index is 0.0790. The molecule has 0 radical (unpaired) electrons. The lowest BCUT2D eigenvalue weighted by molar-refractivity contribution is 0.0919. The Morgan fingerprint density at radius 1 is 1.21 bits per heavy atom. The van der Waals surface area contributed by atoms with Gasteiger partial charge in [0.05, 0.1) is 17.4 Å². The van der Waals surface area contributed by atoms with Crippen molar-refractivity contribution in [3.05, 3.63) is 48.2 Å². The molecular formula is C18H20N4OS. The van der Waals surface area contributed by atoms with Crippen LogP contribution in [0.2, 0.25) is 0 Å². The molecule has 24 heavy (non-hydrogen) atoms. The predicted octanol–water partition coefficient (Wildman–Crippen LogP) is 3.65. The van der Waals surface area contributed by atoms with E-state index in [4.69, 9.17) is 0 Å². The topological polar surface area (TPSA) is 59.3 Å². The molecule has 6 heteroatoms. The highest BCUT2D eigenvalue weighted by Crippen LogP contribution is 2.23. The van der Waals surface area contributed by atoms with Gasteiger partial charge in [0.15, 0.2) is 0 Å². The highest BCUT2D eigenvalue weighted by atomic mass is 32.2. The van der Waals surface area contributed by atoms with Gasteiger partial charge in [-0.3, -0.25) is 4.79 Å². The third kappa shape index (κ3) is 3.43. The average molecular weight is 340 g/mol. The van der Waals surface area contributed by atoms with E-state index in [0.717, 1.165) is 16.8 Å². The van der Waals surface area contributed by atoms with Crippen molar-refractivity contribution in [1.82, 2.24) is 19.9 Å². The van der Waals surface area contributed by atoms with Gasteiger partial charge in [0.25, 0.3) is 5.91 Å². The first-order valence-corrected chi connectivity index (χ1v) is 8.91. The molecule has 0 bridgehead atoms. The van der Waals surface area contributed by atoms with Crippen LogP contribution in [0.5, 0.6) is 0 Å². The van der Waals surface area contributed by atoms with E-state index in [9.17, 15) is 4.79 Å². The number of nitrogens with one attached hydrogen (secondary N) is 1. The molecule has 2 heterocycles. The Bertz CT molecular complexity index is 895. The smallest absolute Gasteiger partial charge is 0.251 e. The third-order valence-electron chi connectivity index (χ3n) is 3.47. The van der Waals surface area contributed by atoms with Gasteiger partial charge in [0.1, 0.15) is 0 Å². The van der Waals surface area contributed by atoms with Crippen molar-refractivity contribution < 1.29 is 4.79 Å². The van der Waals surface area contributed by atoms with Crippen molar-refractivity contribution in [2.75, 3.05) is 6.26 Å². The van der Waals surface area contributed by atoms with E-state index in [1.807, 2.05) is 67.9 Å². The van der Waals surface area contributed by atoms with Crippen LogP contribution in [-0.4, -0.2) is 32.3 Å². The summed E-state index contributed by atoms with van der Waals surface area (Å²) in [5.74, 6) is -0.0790. The fourth-order valence-electron chi connectivity index (χ4n) is 2.43. The van der Waals surface area contributed by atoms with Crippen LogP contribution >= 0.6 is 11.8 Å². The van der Waals surface area contributed by atoms with Crippen LogP contribution < -0.4 is 5.32 Å². The quantitative estimate of drug-likeness (QED) is 0.740. The molecule has 3 aromatic rings. The van der Waals surface area contributed by atoms with E-state index in [0.29, 0.717) is 10.7 Å². The fraction of sp³-hybridized carbons (Fsp3) is 0.278. The second kappa shape index (κ2) is 6.28. The van der Waals surface area contributed by atoms with Crippen LogP contribution in [0.3, 0.4) is 0 Å². The Hall–Kier alpha value is -2.34. The van der Waals surface area contributed by atoms with Crippen molar-refractivity contribution in [3.8, 4) is 11.3 Å². The van der Waals surface area contributed by atoms with Gasteiger partial charge in [-0.15, -0.1) is 5.10 Å². The summed E-state index contributed by atoms with van der Waals surface area (Å²) in [6, 6.07) is 11.6. The molecule has 5 nitrogen and oxygen atoms in total. The zero-order valence-corrected chi connectivity index (χ0v) is 15.0. The first-order chi connectivity index (χ1) is 11.4. The summed E-state index contributed by atoms with van der Waals surface area (Å²) >= 11 is 1.50. The lowest BCUT2D eigenvalue weighted by Crippen LogP contribution is -2.40. The molecule has 0 aliphatic heterocycles. The highest BCUT2D eigenvalue weighted by Gasteiger charge is 2.16. The van der Waals surface area contributed by atoms with E-state index in [1.165, 1.54) is 11.8 Å². The van der Waals surface area contributed by atoms with E-state index >= 15 is 0 Å². The number of fused-ring (bicyclic) bond motifs is 1. The molecule has 1 N–H and O–H groups in total. The molecule has 2 aromatic heterocycles. The van der Waals surface area contributed by atoms with E-state index < -0.39 is 0 Å². The van der Waals surface area contributed by atoms with Crippen LogP contribution in [0.15, 0.2) is 47.8 Å². The number of carbonyl (C=O) groups is 1. The minimum Gasteiger partial charge on any atom is -0.347 e. The molecule has 1 amide bonds. The standard InChI is InChI=1S/C18H20N4OS/c1-18(2,3)20-16(23)13-7-5-6-12(10-13)15-9-8-14-11-19-17(24-4)21-22(14)15/h5-11H,1-4H3,(H,20,23). The predicted molar refractivity (Wildman–Crippen MR) is 97.4 cm³/mol. The lowest BCUT2D eigenvalue weighted by atomic mass is 10.1. The maximum Gasteiger partial charge on any atom is 0.251 e. The molecule has 0 fully saturated rings. The number of hydrogen-bond donors (Lipinski definition) is 1. The van der Waals surface area contributed by atoms with Gasteiger partial charge in [-0.2, -0.15) is 0 Å². The Balaban J connectivity index is 2.01. The zero-order valence-electron chi connectivity index (χ0n) is 14.2. The van der Waals surface area contributed by atoms with Gasteiger partial charge in [0, 0.05) is 16.7 Å². The van der Waals surface area contributed by atoms with Crippen molar-refractivity contribution in [2.45, 2.75) is 31.5 Å². The first kappa shape index (κ1) is 16.5. The summed E-state index contributed by atoms with van der Waals surface area (Å²) in [5.41, 5.74) is 3.18. The summed E-state index contributed by atoms with van der Waals surface area (Å²) in [6.07, 6.45) is 3.75. The van der Waals surface area contributed by atoms with E-state index in [2.05, 4.69) is 15.4 Å². The molecule has 124 valence electrons. The van der Waals surface area contributed by atoms with Gasteiger partial charge in [0.2, 0.25) is 5.16 Å². The van der Waals surface area contributed by atoms with Crippen molar-refractivity contribution >= 4 is 23.2 Å². The number of rotatable bonds is 3. The van der Waals surface area contributed by atoms with Crippen molar-refractivity contribution in [1.29, 1.82) is 0 Å². The molecular weight excluding hydrogens is 320 g/mol. The lowest BCUT2D eigenvalue weighted by Gasteiger charge is -2.20. The van der Waals surface area contributed by atoms with Crippen LogP contribution in [0.4, 0.5) is 0 Å². The number of hydrogen-bond acceptors (Lipinski definition) is 4. The zero-order chi connectivity index (χ0) is 17.3. The Morgan fingerprint density at radius 2 is 2.00 bits per heavy atom. The number of amides is 1. The summed E-state index contributed by atoms with van der Waals surface area (Å²) < 4.78 is 1.86. The number of aromatic nitrogens is 3. The molecule has 0 spiro atoms. The number of thioether (sulfide) groups is 1. The maximum atomic E-state index is 12.4. The minimum atomic E-state index is -0.269. The van der Waals surface area contributed by atoms with Crippen LogP contribution in [-0.2, 0) is 0 Å². The molecule has 0 aliphatic rings. The van der Waals surface area contributed by atoms with Gasteiger partial charge in [-0.1, -0.05) is 23.9 Å². The van der Waals surface area contributed by atoms with E-state index in [-0.39, 0.29) is 11.4 Å². The second-order valence-corrected chi connectivity index (χ2v) is 7.36. The third-order valence-corrected chi connectivity index (χ3v) is 4.02. The van der Waals surface area contributed by atoms with Crippen LogP contribution in [0.1, 0.15) is 31.1 Å². The van der Waals surface area contributed by atoms with Crippen molar-refractivity contribution in [2.24, 2.45) is 0 Å². The summed E-state index contributed by atoms with van der Waals surface area (Å²) in [7, 11) is 0. The highest BCUT2D eigenvalue weighted by molar-refractivity contribution is 7.98. The van der Waals surface area contributed by atoms with Gasteiger partial charge in [-0.05, 0) is 51.3 Å². The van der Waals surface area contributed by atoms with Gasteiger partial charge in [-0.25, -0.2) is 9.50 Å².